The average Bonchev–Trinajstić information content (AvgIpc) is 3.52. The van der Waals surface area contributed by atoms with Gasteiger partial charge in [-0.25, -0.2) is 9.97 Å². The SMILES string of the molecule is Cc1nc2ccccn2c1C(O)=C1C(=O)C(=O)N(CCCn2ccnc2)[C@H]1c1ccncc1. The Balaban J connectivity index is 1.59. The van der Waals surface area contributed by atoms with Gasteiger partial charge in [-0.15, -0.1) is 0 Å². The second-order valence-corrected chi connectivity index (χ2v) is 7.90. The van der Waals surface area contributed by atoms with Gasteiger partial charge in [0.25, 0.3) is 11.7 Å². The van der Waals surface area contributed by atoms with Crippen LogP contribution >= 0.6 is 0 Å². The highest BCUT2D eigenvalue weighted by Gasteiger charge is 2.46. The van der Waals surface area contributed by atoms with Crippen LogP contribution in [0.5, 0.6) is 0 Å². The van der Waals surface area contributed by atoms with E-state index >= 15 is 0 Å². The Hall–Kier alpha value is -4.27. The largest absolute Gasteiger partial charge is 0.505 e. The van der Waals surface area contributed by atoms with Crippen molar-refractivity contribution in [1.29, 1.82) is 0 Å². The highest BCUT2D eigenvalue weighted by atomic mass is 16.3. The Morgan fingerprint density at radius 3 is 2.61 bits per heavy atom. The zero-order chi connectivity index (χ0) is 22.9. The van der Waals surface area contributed by atoms with Crippen LogP contribution in [0.25, 0.3) is 11.4 Å². The van der Waals surface area contributed by atoms with E-state index in [9.17, 15) is 14.7 Å². The molecule has 9 heteroatoms. The molecule has 4 aromatic heterocycles. The molecule has 0 bridgehead atoms. The number of Topliss-reactive ketones (excluding diaryl/α,β-unsaturated/α-hetero) is 1. The van der Waals surface area contributed by atoms with Crippen molar-refractivity contribution in [2.24, 2.45) is 0 Å². The highest BCUT2D eigenvalue weighted by molar-refractivity contribution is 6.46. The molecule has 33 heavy (non-hydrogen) atoms. The zero-order valence-corrected chi connectivity index (χ0v) is 18.0. The third-order valence-corrected chi connectivity index (χ3v) is 5.86. The van der Waals surface area contributed by atoms with E-state index in [1.165, 1.54) is 4.90 Å². The number of hydrogen-bond donors (Lipinski definition) is 1. The molecule has 1 N–H and O–H groups in total. The van der Waals surface area contributed by atoms with Crippen LogP contribution in [0.3, 0.4) is 0 Å². The van der Waals surface area contributed by atoms with Crippen molar-refractivity contribution in [3.05, 3.63) is 90.2 Å². The van der Waals surface area contributed by atoms with E-state index in [-0.39, 0.29) is 11.3 Å². The van der Waals surface area contributed by atoms with Gasteiger partial charge in [-0.05, 0) is 43.2 Å². The number of hydrogen-bond acceptors (Lipinski definition) is 6. The fraction of sp³-hybridized carbons (Fsp3) is 0.208. The Morgan fingerprint density at radius 1 is 1.03 bits per heavy atom. The van der Waals surface area contributed by atoms with E-state index in [1.807, 2.05) is 29.0 Å². The van der Waals surface area contributed by atoms with E-state index in [2.05, 4.69) is 15.0 Å². The number of imidazole rings is 2. The third kappa shape index (κ3) is 3.57. The summed E-state index contributed by atoms with van der Waals surface area (Å²) in [7, 11) is 0. The fourth-order valence-electron chi connectivity index (χ4n) is 4.37. The van der Waals surface area contributed by atoms with E-state index in [0.717, 1.165) is 0 Å². The van der Waals surface area contributed by atoms with Crippen LogP contribution in [0.1, 0.15) is 29.4 Å². The van der Waals surface area contributed by atoms with Crippen LogP contribution in [-0.4, -0.2) is 52.2 Å². The van der Waals surface area contributed by atoms with Gasteiger partial charge >= 0.3 is 0 Å². The van der Waals surface area contributed by atoms with Gasteiger partial charge in [0.05, 0.1) is 23.6 Å². The number of pyridine rings is 2. The molecule has 5 rings (SSSR count). The Morgan fingerprint density at radius 2 is 1.85 bits per heavy atom. The maximum atomic E-state index is 13.2. The van der Waals surface area contributed by atoms with E-state index in [1.54, 1.807) is 54.6 Å². The number of ketones is 1. The highest BCUT2D eigenvalue weighted by Crippen LogP contribution is 2.39. The second kappa shape index (κ2) is 8.34. The second-order valence-electron chi connectivity index (χ2n) is 7.90. The normalized spacial score (nSPS) is 17.8. The fourth-order valence-corrected chi connectivity index (χ4v) is 4.37. The molecule has 0 saturated carbocycles. The molecule has 1 saturated heterocycles. The van der Waals surface area contributed by atoms with Gasteiger partial charge < -0.3 is 14.6 Å². The predicted molar refractivity (Wildman–Crippen MR) is 120 cm³/mol. The quantitative estimate of drug-likeness (QED) is 0.280. The number of rotatable bonds is 6. The van der Waals surface area contributed by atoms with Gasteiger partial charge in [0.1, 0.15) is 11.3 Å². The molecule has 1 fully saturated rings. The summed E-state index contributed by atoms with van der Waals surface area (Å²) in [6, 6.07) is 8.28. The Kier molecular flexibility index (Phi) is 5.21. The Labute approximate surface area is 189 Å². The molecule has 0 radical (unpaired) electrons. The number of amides is 1. The summed E-state index contributed by atoms with van der Waals surface area (Å²) in [5.74, 6) is -1.57. The standard InChI is InChI=1S/C24H22N6O3/c1-16-20(29-12-3-2-5-18(29)27-16)22(31)19-21(17-6-8-25-9-7-17)30(24(33)23(19)32)13-4-11-28-14-10-26-15-28/h2-3,5-10,12,14-15,21,31H,4,11,13H2,1H3/t21-/m0/s1. The molecule has 5 heterocycles. The number of carbonyl (C=O) groups is 2. The molecule has 1 aliphatic rings. The number of aryl methyl sites for hydroxylation is 2. The van der Waals surface area contributed by atoms with Crippen molar-refractivity contribution in [2.45, 2.75) is 25.9 Å². The number of aliphatic hydroxyl groups is 1. The van der Waals surface area contributed by atoms with Crippen molar-refractivity contribution in [3.63, 3.8) is 0 Å². The monoisotopic (exact) mass is 442 g/mol. The molecule has 0 aromatic carbocycles. The van der Waals surface area contributed by atoms with Crippen LogP contribution in [-0.2, 0) is 16.1 Å². The first-order valence-electron chi connectivity index (χ1n) is 10.6. The van der Waals surface area contributed by atoms with Crippen molar-refractivity contribution < 1.29 is 14.7 Å². The number of fused-ring (bicyclic) bond motifs is 1. The predicted octanol–water partition coefficient (Wildman–Crippen LogP) is 2.75. The minimum absolute atomic E-state index is 0.0579. The van der Waals surface area contributed by atoms with Gasteiger partial charge in [0.2, 0.25) is 0 Å². The van der Waals surface area contributed by atoms with E-state index in [4.69, 9.17) is 0 Å². The first kappa shape index (κ1) is 20.6. The lowest BCUT2D eigenvalue weighted by molar-refractivity contribution is -0.139. The molecule has 0 aliphatic carbocycles. The van der Waals surface area contributed by atoms with Crippen molar-refractivity contribution in [1.82, 2.24) is 28.8 Å². The first-order chi connectivity index (χ1) is 16.1. The van der Waals surface area contributed by atoms with Gasteiger partial charge in [-0.1, -0.05) is 6.07 Å². The molecule has 1 amide bonds. The number of likely N-dealkylation sites (tertiary alicyclic amines) is 1. The van der Waals surface area contributed by atoms with Gasteiger partial charge in [-0.3, -0.25) is 19.0 Å². The summed E-state index contributed by atoms with van der Waals surface area (Å²) in [6.45, 7) is 2.77. The third-order valence-electron chi connectivity index (χ3n) is 5.86. The first-order valence-corrected chi connectivity index (χ1v) is 10.6. The molecule has 0 unspecified atom stereocenters. The van der Waals surface area contributed by atoms with Gasteiger partial charge in [0, 0.05) is 44.1 Å². The van der Waals surface area contributed by atoms with E-state index < -0.39 is 17.7 Å². The average molecular weight is 442 g/mol. The summed E-state index contributed by atoms with van der Waals surface area (Å²) >= 11 is 0. The lowest BCUT2D eigenvalue weighted by atomic mass is 9.97. The molecule has 1 aliphatic heterocycles. The Bertz CT molecular complexity index is 1360. The molecule has 166 valence electrons. The number of aromatic nitrogens is 5. The van der Waals surface area contributed by atoms with E-state index in [0.29, 0.717) is 42.1 Å². The molecule has 9 nitrogen and oxygen atoms in total. The topological polar surface area (TPSA) is 106 Å². The summed E-state index contributed by atoms with van der Waals surface area (Å²) < 4.78 is 3.64. The van der Waals surface area contributed by atoms with Crippen LogP contribution in [0, 0.1) is 6.92 Å². The van der Waals surface area contributed by atoms with Gasteiger partial charge in [0.15, 0.2) is 5.76 Å². The summed E-state index contributed by atoms with van der Waals surface area (Å²) in [5.41, 5.74) is 2.38. The maximum Gasteiger partial charge on any atom is 0.295 e. The number of aliphatic hydroxyl groups excluding tert-OH is 1. The summed E-state index contributed by atoms with van der Waals surface area (Å²) in [4.78, 5) is 40.4. The minimum atomic E-state index is -0.718. The van der Waals surface area contributed by atoms with Crippen molar-refractivity contribution in [2.75, 3.05) is 6.54 Å². The summed E-state index contributed by atoms with van der Waals surface area (Å²) in [6.07, 6.45) is 10.9. The number of carbonyl (C=O) groups excluding carboxylic acids is 2. The maximum absolute atomic E-state index is 13.2. The molecule has 4 aromatic rings. The van der Waals surface area contributed by atoms with Crippen molar-refractivity contribution >= 4 is 23.1 Å². The summed E-state index contributed by atoms with van der Waals surface area (Å²) in [5, 5.41) is 11.4. The van der Waals surface area contributed by atoms with Crippen LogP contribution in [0.4, 0.5) is 0 Å². The van der Waals surface area contributed by atoms with Crippen LogP contribution < -0.4 is 0 Å². The number of nitrogens with zero attached hydrogens (tertiary/aromatic N) is 6. The lowest BCUT2D eigenvalue weighted by Gasteiger charge is -2.25. The zero-order valence-electron chi connectivity index (χ0n) is 18.0. The van der Waals surface area contributed by atoms with Crippen LogP contribution in [0.15, 0.2) is 73.2 Å². The molecular weight excluding hydrogens is 420 g/mol. The van der Waals surface area contributed by atoms with Crippen molar-refractivity contribution in [3.8, 4) is 0 Å². The van der Waals surface area contributed by atoms with Crippen LogP contribution in [0.2, 0.25) is 0 Å². The molecule has 0 spiro atoms. The molecule has 1 atom stereocenters. The minimum Gasteiger partial charge on any atom is -0.505 e. The molecular formula is C24H22N6O3. The lowest BCUT2D eigenvalue weighted by Crippen LogP contribution is -2.31. The van der Waals surface area contributed by atoms with Gasteiger partial charge in [-0.2, -0.15) is 0 Å². The smallest absolute Gasteiger partial charge is 0.295 e.